The predicted octanol–water partition coefficient (Wildman–Crippen LogP) is 3.71. The van der Waals surface area contributed by atoms with Gasteiger partial charge in [-0.3, -0.25) is 0 Å². The minimum atomic E-state index is 0.451. The van der Waals surface area contributed by atoms with Crippen molar-refractivity contribution < 1.29 is 4.74 Å². The molecule has 0 saturated carbocycles. The highest BCUT2D eigenvalue weighted by Crippen LogP contribution is 2.14. The number of nitriles is 1. The molecule has 0 fully saturated rings. The van der Waals surface area contributed by atoms with E-state index in [0.717, 1.165) is 24.3 Å². The molecule has 0 N–H and O–H groups in total. The van der Waals surface area contributed by atoms with Crippen LogP contribution in [0.4, 0.5) is 0 Å². The Labute approximate surface area is 97.9 Å². The highest BCUT2D eigenvalue weighted by atomic mass is 16.5. The lowest BCUT2D eigenvalue weighted by Gasteiger charge is -2.06. The molecule has 0 saturated heterocycles. The summed E-state index contributed by atoms with van der Waals surface area (Å²) in [6, 6.07) is 9.92. The zero-order chi connectivity index (χ0) is 11.6. The summed E-state index contributed by atoms with van der Waals surface area (Å²) in [7, 11) is 0. The lowest BCUT2D eigenvalue weighted by molar-refractivity contribution is 0.305. The van der Waals surface area contributed by atoms with Crippen LogP contribution in [-0.4, -0.2) is 6.61 Å². The average molecular weight is 217 g/mol. The van der Waals surface area contributed by atoms with Crippen LogP contribution in [0.1, 0.15) is 38.2 Å². The lowest BCUT2D eigenvalue weighted by atomic mass is 10.1. The van der Waals surface area contributed by atoms with Crippen LogP contribution in [0.15, 0.2) is 24.3 Å². The van der Waals surface area contributed by atoms with Gasteiger partial charge in [0.05, 0.1) is 19.1 Å². The molecule has 0 unspecified atom stereocenters. The third-order valence-corrected chi connectivity index (χ3v) is 2.45. The van der Waals surface area contributed by atoms with Crippen molar-refractivity contribution in [2.75, 3.05) is 6.61 Å². The van der Waals surface area contributed by atoms with Crippen LogP contribution < -0.4 is 4.74 Å². The zero-order valence-corrected chi connectivity index (χ0v) is 9.91. The van der Waals surface area contributed by atoms with E-state index in [9.17, 15) is 0 Å². The number of benzene rings is 1. The average Bonchev–Trinajstić information content (AvgIpc) is 2.30. The van der Waals surface area contributed by atoms with Gasteiger partial charge in [-0.25, -0.2) is 0 Å². The Kier molecular flexibility index (Phi) is 6.10. The molecule has 0 aliphatic carbocycles. The smallest absolute Gasteiger partial charge is 0.119 e. The highest BCUT2D eigenvalue weighted by molar-refractivity contribution is 5.29. The number of unbranched alkanes of at least 4 members (excludes halogenated alkanes) is 3. The van der Waals surface area contributed by atoms with Crippen LogP contribution in [0, 0.1) is 11.3 Å². The first-order valence-electron chi connectivity index (χ1n) is 5.95. The molecule has 16 heavy (non-hydrogen) atoms. The molecule has 0 atom stereocenters. The van der Waals surface area contributed by atoms with Gasteiger partial charge in [0.1, 0.15) is 5.75 Å². The molecule has 0 bridgehead atoms. The maximum absolute atomic E-state index is 8.59. The maximum Gasteiger partial charge on any atom is 0.119 e. The van der Waals surface area contributed by atoms with Crippen molar-refractivity contribution >= 4 is 0 Å². The summed E-state index contributed by atoms with van der Waals surface area (Å²) in [6.45, 7) is 2.97. The number of ether oxygens (including phenoxy) is 1. The summed E-state index contributed by atoms with van der Waals surface area (Å²) in [6.07, 6.45) is 5.31. The SMILES string of the molecule is CCCCCCOc1cccc(CC#N)c1. The minimum absolute atomic E-state index is 0.451. The van der Waals surface area contributed by atoms with Gasteiger partial charge in [0.2, 0.25) is 0 Å². The van der Waals surface area contributed by atoms with Gasteiger partial charge in [-0.1, -0.05) is 38.3 Å². The van der Waals surface area contributed by atoms with Crippen LogP contribution in [0.5, 0.6) is 5.75 Å². The van der Waals surface area contributed by atoms with Gasteiger partial charge in [0, 0.05) is 0 Å². The summed E-state index contributed by atoms with van der Waals surface area (Å²) >= 11 is 0. The van der Waals surface area contributed by atoms with Crippen molar-refractivity contribution in [1.82, 2.24) is 0 Å². The maximum atomic E-state index is 8.59. The quantitative estimate of drug-likeness (QED) is 0.652. The van der Waals surface area contributed by atoms with Crippen molar-refractivity contribution in [3.63, 3.8) is 0 Å². The zero-order valence-electron chi connectivity index (χ0n) is 9.91. The molecule has 1 aromatic rings. The van der Waals surface area contributed by atoms with E-state index in [1.54, 1.807) is 0 Å². The number of nitrogens with zero attached hydrogens (tertiary/aromatic N) is 1. The van der Waals surface area contributed by atoms with Crippen molar-refractivity contribution in [3.8, 4) is 11.8 Å². The summed E-state index contributed by atoms with van der Waals surface area (Å²) in [5.41, 5.74) is 1.02. The Balaban J connectivity index is 2.31. The first-order valence-corrected chi connectivity index (χ1v) is 5.95. The van der Waals surface area contributed by atoms with E-state index < -0.39 is 0 Å². The van der Waals surface area contributed by atoms with Crippen molar-refractivity contribution in [1.29, 1.82) is 5.26 Å². The van der Waals surface area contributed by atoms with Gasteiger partial charge >= 0.3 is 0 Å². The van der Waals surface area contributed by atoms with E-state index >= 15 is 0 Å². The van der Waals surface area contributed by atoms with E-state index in [1.807, 2.05) is 24.3 Å². The molecule has 0 aliphatic heterocycles. The first-order chi connectivity index (χ1) is 7.86. The van der Waals surface area contributed by atoms with E-state index in [4.69, 9.17) is 10.00 Å². The monoisotopic (exact) mass is 217 g/mol. The Morgan fingerprint density at radius 1 is 1.25 bits per heavy atom. The van der Waals surface area contributed by atoms with Crippen molar-refractivity contribution in [3.05, 3.63) is 29.8 Å². The molecule has 0 aliphatic rings. The van der Waals surface area contributed by atoms with E-state index in [-0.39, 0.29) is 0 Å². The van der Waals surface area contributed by atoms with Crippen molar-refractivity contribution in [2.45, 2.75) is 39.0 Å². The molecule has 1 aromatic carbocycles. The second-order valence-corrected chi connectivity index (χ2v) is 3.89. The van der Waals surface area contributed by atoms with Gasteiger partial charge in [0.15, 0.2) is 0 Å². The molecule has 2 heteroatoms. The number of rotatable bonds is 7. The molecular weight excluding hydrogens is 198 g/mol. The fourth-order valence-electron chi connectivity index (χ4n) is 1.56. The number of hydrogen-bond acceptors (Lipinski definition) is 2. The van der Waals surface area contributed by atoms with Gasteiger partial charge in [-0.15, -0.1) is 0 Å². The molecule has 0 amide bonds. The van der Waals surface area contributed by atoms with Crippen LogP contribution in [0.2, 0.25) is 0 Å². The van der Waals surface area contributed by atoms with Gasteiger partial charge < -0.3 is 4.74 Å². The standard InChI is InChI=1S/C14H19NO/c1-2-3-4-5-11-16-14-8-6-7-13(12-14)9-10-15/h6-8,12H,2-5,9,11H2,1H3. The Morgan fingerprint density at radius 3 is 2.88 bits per heavy atom. The lowest BCUT2D eigenvalue weighted by Crippen LogP contribution is -1.97. The van der Waals surface area contributed by atoms with Crippen molar-refractivity contribution in [2.24, 2.45) is 0 Å². The third kappa shape index (κ3) is 4.84. The molecule has 0 heterocycles. The second-order valence-electron chi connectivity index (χ2n) is 3.89. The van der Waals surface area contributed by atoms with Crippen LogP contribution in [0.3, 0.4) is 0 Å². The van der Waals surface area contributed by atoms with Gasteiger partial charge in [0.25, 0.3) is 0 Å². The molecule has 0 spiro atoms. The molecular formula is C14H19NO. The van der Waals surface area contributed by atoms with Crippen LogP contribution >= 0.6 is 0 Å². The fraction of sp³-hybridized carbons (Fsp3) is 0.500. The Morgan fingerprint density at radius 2 is 2.12 bits per heavy atom. The number of hydrogen-bond donors (Lipinski definition) is 0. The minimum Gasteiger partial charge on any atom is -0.494 e. The summed E-state index contributed by atoms with van der Waals surface area (Å²) in [5.74, 6) is 0.879. The third-order valence-electron chi connectivity index (χ3n) is 2.45. The molecule has 86 valence electrons. The highest BCUT2D eigenvalue weighted by Gasteiger charge is 1.96. The van der Waals surface area contributed by atoms with E-state index in [2.05, 4.69) is 13.0 Å². The summed E-state index contributed by atoms with van der Waals surface area (Å²) < 4.78 is 5.63. The van der Waals surface area contributed by atoms with Gasteiger partial charge in [-0.2, -0.15) is 5.26 Å². The molecule has 1 rings (SSSR count). The Hall–Kier alpha value is -1.49. The molecule has 0 aromatic heterocycles. The summed E-state index contributed by atoms with van der Waals surface area (Å²) in [4.78, 5) is 0. The van der Waals surface area contributed by atoms with E-state index in [1.165, 1.54) is 19.3 Å². The predicted molar refractivity (Wildman–Crippen MR) is 65.4 cm³/mol. The second kappa shape index (κ2) is 7.76. The van der Waals surface area contributed by atoms with Crippen LogP contribution in [0.25, 0.3) is 0 Å². The molecule has 2 nitrogen and oxygen atoms in total. The van der Waals surface area contributed by atoms with Crippen LogP contribution in [-0.2, 0) is 6.42 Å². The molecule has 0 radical (unpaired) electrons. The fourth-order valence-corrected chi connectivity index (χ4v) is 1.56. The topological polar surface area (TPSA) is 33.0 Å². The Bertz CT molecular complexity index is 341. The normalized spacial score (nSPS) is 9.75. The van der Waals surface area contributed by atoms with Gasteiger partial charge in [-0.05, 0) is 24.1 Å². The summed E-state index contributed by atoms with van der Waals surface area (Å²) in [5, 5.41) is 8.59. The largest absolute Gasteiger partial charge is 0.494 e. The van der Waals surface area contributed by atoms with E-state index in [0.29, 0.717) is 6.42 Å². The first kappa shape index (κ1) is 12.6.